The third-order valence-corrected chi connectivity index (χ3v) is 4.25. The van der Waals surface area contributed by atoms with Crippen LogP contribution in [0.15, 0.2) is 52.3 Å². The molecular formula is C19H18ClN3O. The van der Waals surface area contributed by atoms with Crippen LogP contribution in [0.1, 0.15) is 22.4 Å². The molecule has 0 saturated heterocycles. The summed E-state index contributed by atoms with van der Waals surface area (Å²) in [6.07, 6.45) is 1.58. The zero-order chi connectivity index (χ0) is 17.3. The fourth-order valence-corrected chi connectivity index (χ4v) is 2.64. The van der Waals surface area contributed by atoms with Gasteiger partial charge in [-0.1, -0.05) is 23.7 Å². The maximum atomic E-state index is 12.7. The Morgan fingerprint density at radius 3 is 2.58 bits per heavy atom. The van der Waals surface area contributed by atoms with Gasteiger partial charge in [0.05, 0.1) is 16.9 Å². The highest BCUT2D eigenvalue weighted by Crippen LogP contribution is 2.18. The summed E-state index contributed by atoms with van der Waals surface area (Å²) in [6.45, 7) is 5.93. The van der Waals surface area contributed by atoms with Crippen LogP contribution in [-0.2, 0) is 0 Å². The third kappa shape index (κ3) is 3.19. The monoisotopic (exact) mass is 339 g/mol. The van der Waals surface area contributed by atoms with Crippen LogP contribution < -0.4 is 5.56 Å². The van der Waals surface area contributed by atoms with E-state index < -0.39 is 0 Å². The summed E-state index contributed by atoms with van der Waals surface area (Å²) in [5.74, 6) is 0. The van der Waals surface area contributed by atoms with Crippen LogP contribution in [0.4, 0.5) is 5.69 Å². The molecule has 0 aliphatic carbocycles. The maximum absolute atomic E-state index is 12.7. The fraction of sp³-hybridized carbons (Fsp3) is 0.158. The molecule has 0 aliphatic heterocycles. The normalized spacial score (nSPS) is 11.3. The number of aryl methyl sites for hydroxylation is 3. The van der Waals surface area contributed by atoms with Crippen LogP contribution in [0.25, 0.3) is 5.69 Å². The summed E-state index contributed by atoms with van der Waals surface area (Å²) in [5, 5.41) is 3.72. The minimum absolute atomic E-state index is 0.124. The molecule has 0 aliphatic rings. The highest BCUT2D eigenvalue weighted by molar-refractivity contribution is 6.30. The Kier molecular flexibility index (Phi) is 4.40. The van der Waals surface area contributed by atoms with Gasteiger partial charge in [0, 0.05) is 16.9 Å². The first-order chi connectivity index (χ1) is 11.5. The van der Waals surface area contributed by atoms with Crippen molar-refractivity contribution >= 4 is 23.5 Å². The fourth-order valence-electron chi connectivity index (χ4n) is 2.45. The first-order valence-electron chi connectivity index (χ1n) is 7.64. The molecule has 24 heavy (non-hydrogen) atoms. The van der Waals surface area contributed by atoms with E-state index in [0.717, 1.165) is 16.9 Å². The molecule has 0 amide bonds. The molecule has 0 fully saturated rings. The Hall–Kier alpha value is -2.59. The van der Waals surface area contributed by atoms with Crippen molar-refractivity contribution in [2.45, 2.75) is 20.8 Å². The molecule has 0 bridgehead atoms. The van der Waals surface area contributed by atoms with Gasteiger partial charge >= 0.3 is 0 Å². The van der Waals surface area contributed by atoms with E-state index in [0.29, 0.717) is 16.3 Å². The SMILES string of the molecule is Cc1ccc(-n2[nH]c(C)c(C=Nc3cccc(Cl)c3)c2=O)cc1C. The minimum atomic E-state index is -0.124. The van der Waals surface area contributed by atoms with Crippen molar-refractivity contribution in [1.82, 2.24) is 9.78 Å². The number of hydrogen-bond donors (Lipinski definition) is 1. The molecule has 0 radical (unpaired) electrons. The molecule has 122 valence electrons. The predicted molar refractivity (Wildman–Crippen MR) is 99.3 cm³/mol. The second-order valence-electron chi connectivity index (χ2n) is 5.80. The van der Waals surface area contributed by atoms with Crippen molar-refractivity contribution in [3.8, 4) is 5.69 Å². The molecule has 0 saturated carbocycles. The van der Waals surface area contributed by atoms with E-state index in [2.05, 4.69) is 10.1 Å². The maximum Gasteiger partial charge on any atom is 0.280 e. The Morgan fingerprint density at radius 1 is 1.08 bits per heavy atom. The van der Waals surface area contributed by atoms with Crippen LogP contribution in [0.5, 0.6) is 0 Å². The molecule has 1 N–H and O–H groups in total. The van der Waals surface area contributed by atoms with Crippen LogP contribution in [0, 0.1) is 20.8 Å². The molecular weight excluding hydrogens is 322 g/mol. The van der Waals surface area contributed by atoms with E-state index in [1.165, 1.54) is 5.56 Å². The minimum Gasteiger partial charge on any atom is -0.295 e. The quantitative estimate of drug-likeness (QED) is 0.702. The molecule has 2 aromatic carbocycles. The summed E-state index contributed by atoms with van der Waals surface area (Å²) < 4.78 is 1.54. The highest BCUT2D eigenvalue weighted by atomic mass is 35.5. The lowest BCUT2D eigenvalue weighted by molar-refractivity contribution is 0.833. The van der Waals surface area contributed by atoms with E-state index in [-0.39, 0.29) is 5.56 Å². The van der Waals surface area contributed by atoms with Crippen LogP contribution in [-0.4, -0.2) is 16.0 Å². The average Bonchev–Trinajstić information content (AvgIpc) is 2.83. The summed E-state index contributed by atoms with van der Waals surface area (Å²) in [4.78, 5) is 17.0. The van der Waals surface area contributed by atoms with Crippen molar-refractivity contribution in [3.63, 3.8) is 0 Å². The van der Waals surface area contributed by atoms with Gasteiger partial charge in [-0.25, -0.2) is 4.68 Å². The topological polar surface area (TPSA) is 50.1 Å². The zero-order valence-electron chi connectivity index (χ0n) is 13.8. The van der Waals surface area contributed by atoms with Crippen LogP contribution >= 0.6 is 11.6 Å². The van der Waals surface area contributed by atoms with Crippen molar-refractivity contribution < 1.29 is 0 Å². The first-order valence-corrected chi connectivity index (χ1v) is 8.02. The number of hydrogen-bond acceptors (Lipinski definition) is 2. The summed E-state index contributed by atoms with van der Waals surface area (Å²) in [5.41, 5.74) is 5.03. The molecule has 0 unspecified atom stereocenters. The number of aromatic nitrogens is 2. The number of benzene rings is 2. The van der Waals surface area contributed by atoms with Gasteiger partial charge in [-0.3, -0.25) is 14.9 Å². The van der Waals surface area contributed by atoms with E-state index in [9.17, 15) is 4.79 Å². The van der Waals surface area contributed by atoms with Gasteiger partial charge in [0.25, 0.3) is 5.56 Å². The molecule has 1 heterocycles. The lowest BCUT2D eigenvalue weighted by atomic mass is 10.1. The lowest BCUT2D eigenvalue weighted by Crippen LogP contribution is -2.17. The number of rotatable bonds is 3. The largest absolute Gasteiger partial charge is 0.295 e. The van der Waals surface area contributed by atoms with Crippen molar-refractivity contribution in [2.24, 2.45) is 4.99 Å². The second kappa shape index (κ2) is 6.49. The number of halogens is 1. The van der Waals surface area contributed by atoms with E-state index in [1.54, 1.807) is 23.0 Å². The molecule has 0 atom stereocenters. The summed E-state index contributed by atoms with van der Waals surface area (Å²) in [7, 11) is 0. The number of H-pyrrole nitrogens is 1. The molecule has 1 aromatic heterocycles. The van der Waals surface area contributed by atoms with Crippen molar-refractivity contribution in [3.05, 3.63) is 80.2 Å². The van der Waals surface area contributed by atoms with Gasteiger partial charge in [0.15, 0.2) is 0 Å². The van der Waals surface area contributed by atoms with Gasteiger partial charge in [-0.05, 0) is 62.2 Å². The van der Waals surface area contributed by atoms with Crippen LogP contribution in [0.2, 0.25) is 5.02 Å². The Labute approximate surface area is 145 Å². The van der Waals surface area contributed by atoms with Crippen LogP contribution in [0.3, 0.4) is 0 Å². The second-order valence-corrected chi connectivity index (χ2v) is 6.23. The van der Waals surface area contributed by atoms with E-state index in [4.69, 9.17) is 11.6 Å². The van der Waals surface area contributed by atoms with E-state index in [1.807, 2.05) is 51.1 Å². The van der Waals surface area contributed by atoms with Gasteiger partial charge in [0.2, 0.25) is 0 Å². The smallest absolute Gasteiger partial charge is 0.280 e. The summed E-state index contributed by atoms with van der Waals surface area (Å²) >= 11 is 5.95. The van der Waals surface area contributed by atoms with E-state index >= 15 is 0 Å². The van der Waals surface area contributed by atoms with Crippen molar-refractivity contribution in [2.75, 3.05) is 0 Å². The van der Waals surface area contributed by atoms with Gasteiger partial charge < -0.3 is 0 Å². The average molecular weight is 340 g/mol. The zero-order valence-corrected chi connectivity index (χ0v) is 14.6. The molecule has 4 nitrogen and oxygen atoms in total. The van der Waals surface area contributed by atoms with Gasteiger partial charge in [0.1, 0.15) is 0 Å². The lowest BCUT2D eigenvalue weighted by Gasteiger charge is -2.05. The Bertz CT molecular complexity index is 983. The first kappa shape index (κ1) is 16.3. The number of nitrogens with one attached hydrogen (secondary N) is 1. The molecule has 3 aromatic rings. The Morgan fingerprint density at radius 2 is 1.88 bits per heavy atom. The van der Waals surface area contributed by atoms with Gasteiger partial charge in [-0.15, -0.1) is 0 Å². The predicted octanol–water partition coefficient (Wildman–Crippen LogP) is 4.49. The highest BCUT2D eigenvalue weighted by Gasteiger charge is 2.11. The molecule has 0 spiro atoms. The Balaban J connectivity index is 2.00. The van der Waals surface area contributed by atoms with Gasteiger partial charge in [-0.2, -0.15) is 0 Å². The molecule has 5 heteroatoms. The number of aromatic amines is 1. The van der Waals surface area contributed by atoms with Crippen molar-refractivity contribution in [1.29, 1.82) is 0 Å². The third-order valence-electron chi connectivity index (χ3n) is 4.02. The standard InChI is InChI=1S/C19H18ClN3O/c1-12-7-8-17(9-13(12)2)23-19(24)18(14(3)22-23)11-21-16-6-4-5-15(20)10-16/h4-11,22H,1-3H3. The molecule has 3 rings (SSSR count). The number of nitrogens with zero attached hydrogens (tertiary/aromatic N) is 2. The number of aliphatic imine (C=N–C) groups is 1. The summed E-state index contributed by atoms with van der Waals surface area (Å²) in [6, 6.07) is 13.1.